The van der Waals surface area contributed by atoms with Gasteiger partial charge in [0.1, 0.15) is 6.04 Å². The highest BCUT2D eigenvalue weighted by Gasteiger charge is 2.29. The fourth-order valence-electron chi connectivity index (χ4n) is 2.00. The van der Waals surface area contributed by atoms with Gasteiger partial charge in [-0.05, 0) is 19.3 Å². The number of carboxylic acid groups (broad SMARTS) is 1. The molecule has 112 valence electrons. The summed E-state index contributed by atoms with van der Waals surface area (Å²) in [7, 11) is -2.29. The van der Waals surface area contributed by atoms with Crippen LogP contribution >= 0.6 is 0 Å². The van der Waals surface area contributed by atoms with Crippen molar-refractivity contribution in [1.82, 2.24) is 9.03 Å². The molecule has 1 heterocycles. The smallest absolute Gasteiger partial charge is 0.321 e. The highest BCUT2D eigenvalue weighted by Crippen LogP contribution is 2.13. The lowest BCUT2D eigenvalue weighted by atomic mass is 10.2. The second-order valence-electron chi connectivity index (χ2n) is 4.61. The summed E-state index contributed by atoms with van der Waals surface area (Å²) >= 11 is 0. The second kappa shape index (κ2) is 7.78. The van der Waals surface area contributed by atoms with Gasteiger partial charge in [-0.3, -0.25) is 4.79 Å². The molecule has 0 amide bonds. The van der Waals surface area contributed by atoms with Gasteiger partial charge in [0.25, 0.3) is 10.2 Å². The molecule has 0 aliphatic carbocycles. The van der Waals surface area contributed by atoms with E-state index in [0.717, 1.165) is 25.7 Å². The van der Waals surface area contributed by atoms with Crippen molar-refractivity contribution in [3.05, 3.63) is 0 Å². The second-order valence-corrected chi connectivity index (χ2v) is 6.31. The zero-order valence-corrected chi connectivity index (χ0v) is 12.0. The number of aliphatic carboxylic acids is 1. The first-order chi connectivity index (χ1) is 8.97. The minimum Gasteiger partial charge on any atom is -0.480 e. The molecule has 0 radical (unpaired) electrons. The Bertz CT molecular complexity index is 377. The predicted molar refractivity (Wildman–Crippen MR) is 70.0 cm³/mol. The maximum absolute atomic E-state index is 12.1. The van der Waals surface area contributed by atoms with Crippen LogP contribution in [-0.4, -0.2) is 56.6 Å². The average molecular weight is 294 g/mol. The van der Waals surface area contributed by atoms with Gasteiger partial charge in [-0.2, -0.15) is 17.4 Å². The summed E-state index contributed by atoms with van der Waals surface area (Å²) in [6, 6.07) is -1.15. The van der Waals surface area contributed by atoms with Crippen molar-refractivity contribution in [2.75, 3.05) is 26.8 Å². The van der Waals surface area contributed by atoms with E-state index in [1.165, 1.54) is 11.4 Å². The van der Waals surface area contributed by atoms with E-state index in [9.17, 15) is 13.2 Å². The Labute approximate surface area is 114 Å². The SMILES string of the molecule is COCCC(NS(=O)(=O)N1CCCCCC1)C(=O)O. The molecule has 0 aromatic rings. The van der Waals surface area contributed by atoms with Crippen LogP contribution in [0.5, 0.6) is 0 Å². The summed E-state index contributed by atoms with van der Waals surface area (Å²) in [6.07, 6.45) is 3.77. The van der Waals surface area contributed by atoms with Crippen LogP contribution in [0.2, 0.25) is 0 Å². The number of methoxy groups -OCH3 is 1. The van der Waals surface area contributed by atoms with Crippen LogP contribution < -0.4 is 4.72 Å². The summed E-state index contributed by atoms with van der Waals surface area (Å²) in [6.45, 7) is 1.09. The average Bonchev–Trinajstić information content (AvgIpc) is 2.63. The van der Waals surface area contributed by atoms with Crippen LogP contribution in [0.15, 0.2) is 0 Å². The molecule has 1 aliphatic heterocycles. The van der Waals surface area contributed by atoms with E-state index in [1.54, 1.807) is 0 Å². The number of rotatable bonds is 7. The fraction of sp³-hybridized carbons (Fsp3) is 0.909. The van der Waals surface area contributed by atoms with E-state index >= 15 is 0 Å². The Morgan fingerprint density at radius 2 is 1.89 bits per heavy atom. The van der Waals surface area contributed by atoms with Crippen LogP contribution in [0.4, 0.5) is 0 Å². The minimum absolute atomic E-state index is 0.110. The molecule has 2 N–H and O–H groups in total. The number of ether oxygens (including phenoxy) is 1. The molecular formula is C11H22N2O5S. The zero-order valence-electron chi connectivity index (χ0n) is 11.2. The lowest BCUT2D eigenvalue weighted by Gasteiger charge is -2.23. The van der Waals surface area contributed by atoms with E-state index in [0.29, 0.717) is 13.1 Å². The Kier molecular flexibility index (Phi) is 6.70. The molecule has 0 saturated carbocycles. The predicted octanol–water partition coefficient (Wildman–Crippen LogP) is 0.187. The van der Waals surface area contributed by atoms with Gasteiger partial charge >= 0.3 is 5.97 Å². The maximum Gasteiger partial charge on any atom is 0.321 e. The highest BCUT2D eigenvalue weighted by atomic mass is 32.2. The van der Waals surface area contributed by atoms with E-state index in [2.05, 4.69) is 4.72 Å². The van der Waals surface area contributed by atoms with Gasteiger partial charge in [-0.1, -0.05) is 12.8 Å². The Balaban J connectivity index is 2.66. The van der Waals surface area contributed by atoms with Gasteiger partial charge in [0.15, 0.2) is 0 Å². The van der Waals surface area contributed by atoms with Crippen molar-refractivity contribution < 1.29 is 23.1 Å². The highest BCUT2D eigenvalue weighted by molar-refractivity contribution is 7.87. The van der Waals surface area contributed by atoms with Gasteiger partial charge in [0.05, 0.1) is 0 Å². The topological polar surface area (TPSA) is 95.9 Å². The summed E-state index contributed by atoms with van der Waals surface area (Å²) in [5.74, 6) is -1.18. The third-order valence-electron chi connectivity index (χ3n) is 3.10. The minimum atomic E-state index is -3.73. The van der Waals surface area contributed by atoms with Crippen LogP contribution in [0, 0.1) is 0 Å². The Hall–Kier alpha value is -0.700. The number of hydrogen-bond acceptors (Lipinski definition) is 4. The van der Waals surface area contributed by atoms with Crippen molar-refractivity contribution in [3.63, 3.8) is 0 Å². The number of nitrogens with zero attached hydrogens (tertiary/aromatic N) is 1. The monoisotopic (exact) mass is 294 g/mol. The standard InChI is InChI=1S/C11H22N2O5S/c1-18-9-6-10(11(14)15)12-19(16,17)13-7-4-2-3-5-8-13/h10,12H,2-9H2,1H3,(H,14,15). The van der Waals surface area contributed by atoms with Crippen LogP contribution in [-0.2, 0) is 19.7 Å². The largest absolute Gasteiger partial charge is 0.480 e. The summed E-state index contributed by atoms with van der Waals surface area (Å²) in [5, 5.41) is 9.02. The molecule has 1 rings (SSSR count). The van der Waals surface area contributed by atoms with Gasteiger partial charge in [0.2, 0.25) is 0 Å². The van der Waals surface area contributed by atoms with Crippen LogP contribution in [0.3, 0.4) is 0 Å². The van der Waals surface area contributed by atoms with Gasteiger partial charge in [0, 0.05) is 26.8 Å². The van der Waals surface area contributed by atoms with Crippen molar-refractivity contribution in [2.24, 2.45) is 0 Å². The summed E-state index contributed by atoms with van der Waals surface area (Å²) < 4.78 is 32.6. The third-order valence-corrected chi connectivity index (χ3v) is 4.73. The first kappa shape index (κ1) is 16.4. The lowest BCUT2D eigenvalue weighted by Crippen LogP contribution is -2.49. The molecule has 0 bridgehead atoms. The van der Waals surface area contributed by atoms with Crippen molar-refractivity contribution >= 4 is 16.2 Å². The molecule has 19 heavy (non-hydrogen) atoms. The van der Waals surface area contributed by atoms with E-state index in [4.69, 9.17) is 9.84 Å². The van der Waals surface area contributed by atoms with Gasteiger partial charge < -0.3 is 9.84 Å². The van der Waals surface area contributed by atoms with E-state index in [-0.39, 0.29) is 13.0 Å². The normalized spacial score (nSPS) is 19.8. The first-order valence-corrected chi connectivity index (χ1v) is 7.90. The van der Waals surface area contributed by atoms with Crippen LogP contribution in [0.25, 0.3) is 0 Å². The molecule has 1 fully saturated rings. The Morgan fingerprint density at radius 1 is 1.32 bits per heavy atom. The zero-order chi connectivity index (χ0) is 14.3. The van der Waals surface area contributed by atoms with Crippen molar-refractivity contribution in [3.8, 4) is 0 Å². The maximum atomic E-state index is 12.1. The molecule has 1 atom stereocenters. The number of carboxylic acids is 1. The first-order valence-electron chi connectivity index (χ1n) is 6.46. The number of nitrogens with one attached hydrogen (secondary N) is 1. The van der Waals surface area contributed by atoms with Gasteiger partial charge in [-0.15, -0.1) is 0 Å². The van der Waals surface area contributed by atoms with E-state index in [1.807, 2.05) is 0 Å². The Morgan fingerprint density at radius 3 is 2.37 bits per heavy atom. The molecule has 0 aromatic heterocycles. The molecule has 1 unspecified atom stereocenters. The molecule has 8 heteroatoms. The quantitative estimate of drug-likeness (QED) is 0.698. The molecule has 1 aliphatic rings. The molecule has 1 saturated heterocycles. The van der Waals surface area contributed by atoms with Crippen molar-refractivity contribution in [2.45, 2.75) is 38.1 Å². The fourth-order valence-corrected chi connectivity index (χ4v) is 3.47. The summed E-state index contributed by atoms with van der Waals surface area (Å²) in [4.78, 5) is 11.0. The van der Waals surface area contributed by atoms with Crippen molar-refractivity contribution in [1.29, 1.82) is 0 Å². The molecule has 7 nitrogen and oxygen atoms in total. The van der Waals surface area contributed by atoms with E-state index < -0.39 is 22.2 Å². The summed E-state index contributed by atoms with van der Waals surface area (Å²) in [5.41, 5.74) is 0. The third kappa shape index (κ3) is 5.43. The lowest BCUT2D eigenvalue weighted by molar-refractivity contribution is -0.139. The van der Waals surface area contributed by atoms with Gasteiger partial charge in [-0.25, -0.2) is 0 Å². The number of hydrogen-bond donors (Lipinski definition) is 2. The molecular weight excluding hydrogens is 272 g/mol. The molecule has 0 spiro atoms. The van der Waals surface area contributed by atoms with Crippen LogP contribution in [0.1, 0.15) is 32.1 Å². The molecule has 0 aromatic carbocycles. The number of carbonyl (C=O) groups is 1.